The van der Waals surface area contributed by atoms with E-state index >= 15 is 0 Å². The van der Waals surface area contributed by atoms with Gasteiger partial charge in [0.1, 0.15) is 0 Å². The van der Waals surface area contributed by atoms with Crippen LogP contribution >= 0.6 is 0 Å². The first-order chi connectivity index (χ1) is 3.84. The van der Waals surface area contributed by atoms with Gasteiger partial charge in [0.05, 0.1) is 0 Å². The quantitative estimate of drug-likeness (QED) is 0.371. The SMILES string of the molecule is F[B-](F)(F)C1CC1(F)F.[K+]. The first kappa shape index (κ1) is 11.4. The van der Waals surface area contributed by atoms with Crippen LogP contribution in [0, 0.1) is 0 Å². The van der Waals surface area contributed by atoms with Gasteiger partial charge in [-0.1, -0.05) is 0 Å². The second-order valence-electron chi connectivity index (χ2n) is 2.20. The van der Waals surface area contributed by atoms with Crippen LogP contribution in [-0.2, 0) is 0 Å². The Bertz CT molecular complexity index is 131. The molecule has 54 valence electrons. The summed E-state index contributed by atoms with van der Waals surface area (Å²) < 4.78 is 57.1. The minimum absolute atomic E-state index is 0. The topological polar surface area (TPSA) is 0 Å². The van der Waals surface area contributed by atoms with Crippen molar-refractivity contribution in [2.75, 3.05) is 0 Å². The average Bonchev–Trinajstić information content (AvgIpc) is 2.10. The first-order valence-electron chi connectivity index (χ1n) is 2.42. The summed E-state index contributed by atoms with van der Waals surface area (Å²) in [5.41, 5.74) is 0. The fourth-order valence-corrected chi connectivity index (χ4v) is 0.644. The van der Waals surface area contributed by atoms with Crippen molar-refractivity contribution < 1.29 is 73.1 Å². The zero-order valence-electron chi connectivity index (χ0n) is 5.25. The van der Waals surface area contributed by atoms with Gasteiger partial charge in [0.15, 0.2) is 0 Å². The van der Waals surface area contributed by atoms with Crippen LogP contribution in [0.4, 0.5) is 21.7 Å². The van der Waals surface area contributed by atoms with Crippen LogP contribution in [0.25, 0.3) is 0 Å². The molecule has 0 amide bonds. The largest absolute Gasteiger partial charge is 1.00 e. The molecule has 1 unspecified atom stereocenters. The fraction of sp³-hybridized carbons (Fsp3) is 1.00. The number of alkyl halides is 2. The maximum Gasteiger partial charge on any atom is 1.00 e. The van der Waals surface area contributed by atoms with Crippen molar-refractivity contribution >= 4 is 6.98 Å². The van der Waals surface area contributed by atoms with Crippen LogP contribution in [0.5, 0.6) is 0 Å². The summed E-state index contributed by atoms with van der Waals surface area (Å²) in [6, 6.07) is 0. The molecule has 1 aliphatic rings. The zero-order chi connectivity index (χ0) is 7.28. The molecule has 0 aliphatic heterocycles. The first-order valence-corrected chi connectivity index (χ1v) is 2.42. The molecule has 1 aliphatic carbocycles. The Hall–Kier alpha value is 1.35. The maximum absolute atomic E-state index is 11.6. The minimum Gasteiger partial charge on any atom is -0.449 e. The predicted molar refractivity (Wildman–Crippen MR) is 22.4 cm³/mol. The number of hydrogen-bond donors (Lipinski definition) is 0. The van der Waals surface area contributed by atoms with Crippen LogP contribution in [0.15, 0.2) is 0 Å². The van der Waals surface area contributed by atoms with E-state index in [4.69, 9.17) is 0 Å². The zero-order valence-corrected chi connectivity index (χ0v) is 8.37. The molecule has 0 N–H and O–H groups in total. The minimum atomic E-state index is -5.29. The molecule has 1 atom stereocenters. The van der Waals surface area contributed by atoms with Crippen molar-refractivity contribution in [3.8, 4) is 0 Å². The second kappa shape index (κ2) is 3.01. The monoisotopic (exact) mass is 184 g/mol. The van der Waals surface area contributed by atoms with Crippen LogP contribution in [0.3, 0.4) is 0 Å². The predicted octanol–water partition coefficient (Wildman–Crippen LogP) is -0.753. The molecule has 0 aromatic carbocycles. The van der Waals surface area contributed by atoms with Gasteiger partial charge < -0.3 is 12.9 Å². The van der Waals surface area contributed by atoms with E-state index in [9.17, 15) is 21.7 Å². The molecule has 1 rings (SSSR count). The molecule has 0 nitrogen and oxygen atoms in total. The summed E-state index contributed by atoms with van der Waals surface area (Å²) in [6.45, 7) is -5.29. The van der Waals surface area contributed by atoms with Crippen molar-refractivity contribution in [2.45, 2.75) is 18.2 Å². The van der Waals surface area contributed by atoms with Gasteiger partial charge in [-0.15, -0.1) is 0 Å². The van der Waals surface area contributed by atoms with Crippen molar-refractivity contribution in [3.05, 3.63) is 0 Å². The molecule has 0 spiro atoms. The van der Waals surface area contributed by atoms with Crippen LogP contribution < -0.4 is 51.4 Å². The van der Waals surface area contributed by atoms with Gasteiger partial charge in [-0.2, -0.15) is 0 Å². The summed E-state index contributed by atoms with van der Waals surface area (Å²) in [5, 5.41) is 0. The van der Waals surface area contributed by atoms with Crippen molar-refractivity contribution in [1.29, 1.82) is 0 Å². The standard InChI is InChI=1S/C3H3BF5.K/c5-3(6)1-2(3)4(7,8)9;/h2H,1H2;/q-1;+1. The summed E-state index contributed by atoms with van der Waals surface area (Å²) >= 11 is 0. The number of hydrogen-bond acceptors (Lipinski definition) is 0. The third-order valence-corrected chi connectivity index (χ3v) is 1.33. The van der Waals surface area contributed by atoms with E-state index in [-0.39, 0.29) is 51.4 Å². The Morgan fingerprint density at radius 3 is 1.50 bits per heavy atom. The Kier molecular flexibility index (Phi) is 3.41. The van der Waals surface area contributed by atoms with E-state index in [0.717, 1.165) is 0 Å². The molecule has 10 heavy (non-hydrogen) atoms. The summed E-state index contributed by atoms with van der Waals surface area (Å²) in [4.78, 5) is 0. The summed E-state index contributed by atoms with van der Waals surface area (Å²) in [6.07, 6.45) is -1.00. The van der Waals surface area contributed by atoms with E-state index in [1.54, 1.807) is 0 Å². The third-order valence-electron chi connectivity index (χ3n) is 1.33. The fourth-order valence-electron chi connectivity index (χ4n) is 0.644. The van der Waals surface area contributed by atoms with E-state index < -0.39 is 25.1 Å². The second-order valence-corrected chi connectivity index (χ2v) is 2.20. The number of halogens is 5. The van der Waals surface area contributed by atoms with E-state index in [1.165, 1.54) is 0 Å². The normalized spacial score (nSPS) is 29.1. The van der Waals surface area contributed by atoms with Gasteiger partial charge in [-0.3, -0.25) is 0 Å². The van der Waals surface area contributed by atoms with Crippen LogP contribution in [0.1, 0.15) is 6.42 Å². The van der Waals surface area contributed by atoms with Gasteiger partial charge in [0.25, 0.3) is 0 Å². The average molecular weight is 184 g/mol. The summed E-state index contributed by atoms with van der Waals surface area (Å²) in [5.74, 6) is -5.75. The molecule has 0 aromatic rings. The molecule has 0 saturated heterocycles. The molecule has 7 heteroatoms. The maximum atomic E-state index is 11.6. The van der Waals surface area contributed by atoms with E-state index in [1.807, 2.05) is 0 Å². The summed E-state index contributed by atoms with van der Waals surface area (Å²) in [7, 11) is 0. The molecule has 0 aromatic heterocycles. The Morgan fingerprint density at radius 2 is 1.50 bits per heavy atom. The Labute approximate surface area is 97.0 Å². The van der Waals surface area contributed by atoms with Crippen LogP contribution in [0.2, 0.25) is 5.82 Å². The van der Waals surface area contributed by atoms with Gasteiger partial charge in [-0.05, 0) is 12.2 Å². The van der Waals surface area contributed by atoms with Crippen LogP contribution in [-0.4, -0.2) is 12.9 Å². The molecule has 0 radical (unpaired) electrons. The van der Waals surface area contributed by atoms with Gasteiger partial charge in [-0.25, -0.2) is 8.78 Å². The molecule has 0 heterocycles. The Morgan fingerprint density at radius 1 is 1.20 bits per heavy atom. The van der Waals surface area contributed by atoms with E-state index in [0.29, 0.717) is 0 Å². The Balaban J connectivity index is 0.000000810. The van der Waals surface area contributed by atoms with Crippen molar-refractivity contribution in [1.82, 2.24) is 0 Å². The molecule has 1 saturated carbocycles. The van der Waals surface area contributed by atoms with Crippen molar-refractivity contribution in [2.24, 2.45) is 0 Å². The smallest absolute Gasteiger partial charge is 0.449 e. The van der Waals surface area contributed by atoms with Gasteiger partial charge >= 0.3 is 58.4 Å². The third kappa shape index (κ3) is 2.44. The molecular weight excluding hydrogens is 181 g/mol. The molecule has 1 fully saturated rings. The van der Waals surface area contributed by atoms with Crippen molar-refractivity contribution in [3.63, 3.8) is 0 Å². The van der Waals surface area contributed by atoms with Gasteiger partial charge in [0.2, 0.25) is 5.92 Å². The van der Waals surface area contributed by atoms with Gasteiger partial charge in [0, 0.05) is 0 Å². The van der Waals surface area contributed by atoms with E-state index in [2.05, 4.69) is 0 Å². The molecule has 0 bridgehead atoms. The molecular formula is C3H3BF5K. The number of rotatable bonds is 1.